The molecule has 0 aliphatic carbocycles. The molecular formula is C21H23NO5. The smallest absolute Gasteiger partial charge is 0.305 e. The van der Waals surface area contributed by atoms with Gasteiger partial charge in [0.15, 0.2) is 11.5 Å². The fourth-order valence-corrected chi connectivity index (χ4v) is 2.27. The molecule has 0 saturated heterocycles. The van der Waals surface area contributed by atoms with Crippen molar-refractivity contribution in [2.24, 2.45) is 0 Å². The second kappa shape index (κ2) is 10.7. The molecule has 0 aromatic heterocycles. The molecule has 0 fully saturated rings. The van der Waals surface area contributed by atoms with Crippen LogP contribution < -0.4 is 14.8 Å². The molecule has 142 valence electrons. The van der Waals surface area contributed by atoms with E-state index in [-0.39, 0.29) is 18.9 Å². The van der Waals surface area contributed by atoms with Gasteiger partial charge in [0.2, 0.25) is 5.91 Å². The lowest BCUT2D eigenvalue weighted by atomic mass is 10.2. The summed E-state index contributed by atoms with van der Waals surface area (Å²) in [6, 6.07) is 15.3. The molecule has 2 N–H and O–H groups in total. The van der Waals surface area contributed by atoms with Gasteiger partial charge in [-0.05, 0) is 36.3 Å². The van der Waals surface area contributed by atoms with Crippen LogP contribution in [0.15, 0.2) is 54.6 Å². The molecule has 2 rings (SSSR count). The standard InChI is InChI=1S/C21H23NO5/c1-2-26-19-14-16(9-11-20(23)22-13-12-21(24)25)8-10-18(19)27-15-17-6-4-3-5-7-17/h3-11,14H,2,12-13,15H2,1H3,(H,22,23)(H,24,25)/b11-9+. The van der Waals surface area contributed by atoms with Gasteiger partial charge in [-0.1, -0.05) is 36.4 Å². The van der Waals surface area contributed by atoms with Crippen LogP contribution in [0.1, 0.15) is 24.5 Å². The third-order valence-electron chi connectivity index (χ3n) is 3.57. The summed E-state index contributed by atoms with van der Waals surface area (Å²) in [4.78, 5) is 22.1. The first-order valence-electron chi connectivity index (χ1n) is 8.69. The quantitative estimate of drug-likeness (QED) is 0.628. The Labute approximate surface area is 158 Å². The summed E-state index contributed by atoms with van der Waals surface area (Å²) >= 11 is 0. The Bertz CT molecular complexity index is 786. The number of hydrogen-bond donors (Lipinski definition) is 2. The summed E-state index contributed by atoms with van der Waals surface area (Å²) in [6.45, 7) is 2.90. The zero-order valence-electron chi connectivity index (χ0n) is 15.2. The highest BCUT2D eigenvalue weighted by Crippen LogP contribution is 2.29. The molecule has 0 radical (unpaired) electrons. The first-order chi connectivity index (χ1) is 13.1. The molecule has 0 unspecified atom stereocenters. The summed E-state index contributed by atoms with van der Waals surface area (Å²) in [5.74, 6) is -0.0732. The topological polar surface area (TPSA) is 84.9 Å². The van der Waals surface area contributed by atoms with Gasteiger partial charge in [0.1, 0.15) is 6.61 Å². The zero-order chi connectivity index (χ0) is 19.5. The minimum Gasteiger partial charge on any atom is -0.490 e. The third-order valence-corrected chi connectivity index (χ3v) is 3.57. The van der Waals surface area contributed by atoms with Gasteiger partial charge in [0.05, 0.1) is 13.0 Å². The average Bonchev–Trinajstić information content (AvgIpc) is 2.66. The highest BCUT2D eigenvalue weighted by atomic mass is 16.5. The number of aliphatic carboxylic acids is 1. The van der Waals surface area contributed by atoms with Gasteiger partial charge < -0.3 is 19.9 Å². The van der Waals surface area contributed by atoms with Crippen LogP contribution in [0.5, 0.6) is 11.5 Å². The average molecular weight is 369 g/mol. The van der Waals surface area contributed by atoms with Gasteiger partial charge in [-0.3, -0.25) is 9.59 Å². The minimum absolute atomic E-state index is 0.0922. The van der Waals surface area contributed by atoms with E-state index in [4.69, 9.17) is 14.6 Å². The molecule has 0 aliphatic heterocycles. The second-order valence-corrected chi connectivity index (χ2v) is 5.68. The molecule has 0 spiro atoms. The predicted molar refractivity (Wildman–Crippen MR) is 103 cm³/mol. The molecule has 6 heteroatoms. The molecule has 2 aromatic rings. The van der Waals surface area contributed by atoms with Crippen molar-refractivity contribution in [1.29, 1.82) is 0 Å². The Hall–Kier alpha value is -3.28. The van der Waals surface area contributed by atoms with Crippen molar-refractivity contribution in [3.63, 3.8) is 0 Å². The van der Waals surface area contributed by atoms with Crippen molar-refractivity contribution in [2.45, 2.75) is 20.0 Å². The highest BCUT2D eigenvalue weighted by Gasteiger charge is 2.07. The van der Waals surface area contributed by atoms with Gasteiger partial charge >= 0.3 is 5.97 Å². The number of benzene rings is 2. The Balaban J connectivity index is 1.99. The molecular weight excluding hydrogens is 346 g/mol. The molecule has 0 bridgehead atoms. The molecule has 0 saturated carbocycles. The Morgan fingerprint density at radius 3 is 2.56 bits per heavy atom. The SMILES string of the molecule is CCOc1cc(/C=C/C(=O)NCCC(=O)O)ccc1OCc1ccccc1. The molecule has 0 atom stereocenters. The van der Waals surface area contributed by atoms with E-state index in [9.17, 15) is 9.59 Å². The summed E-state index contributed by atoms with van der Waals surface area (Å²) in [5, 5.41) is 11.1. The zero-order valence-corrected chi connectivity index (χ0v) is 15.2. The van der Waals surface area contributed by atoms with Crippen molar-refractivity contribution in [2.75, 3.05) is 13.2 Å². The van der Waals surface area contributed by atoms with Crippen LogP contribution in [-0.2, 0) is 16.2 Å². The van der Waals surface area contributed by atoms with E-state index in [0.717, 1.165) is 11.1 Å². The van der Waals surface area contributed by atoms with E-state index < -0.39 is 5.97 Å². The summed E-state index contributed by atoms with van der Waals surface area (Å²) in [5.41, 5.74) is 1.83. The highest BCUT2D eigenvalue weighted by molar-refractivity contribution is 5.92. The maximum Gasteiger partial charge on any atom is 0.305 e. The van der Waals surface area contributed by atoms with Crippen LogP contribution in [0.3, 0.4) is 0 Å². The van der Waals surface area contributed by atoms with Crippen LogP contribution in [0, 0.1) is 0 Å². The monoisotopic (exact) mass is 369 g/mol. The maximum absolute atomic E-state index is 11.7. The number of amides is 1. The summed E-state index contributed by atoms with van der Waals surface area (Å²) in [7, 11) is 0. The molecule has 6 nitrogen and oxygen atoms in total. The van der Waals surface area contributed by atoms with Crippen LogP contribution in [0.4, 0.5) is 0 Å². The van der Waals surface area contributed by atoms with Gasteiger partial charge in [-0.2, -0.15) is 0 Å². The number of hydrogen-bond acceptors (Lipinski definition) is 4. The maximum atomic E-state index is 11.7. The molecule has 27 heavy (non-hydrogen) atoms. The lowest BCUT2D eigenvalue weighted by Gasteiger charge is -2.12. The fraction of sp³-hybridized carbons (Fsp3) is 0.238. The summed E-state index contributed by atoms with van der Waals surface area (Å²) < 4.78 is 11.5. The lowest BCUT2D eigenvalue weighted by molar-refractivity contribution is -0.136. The van der Waals surface area contributed by atoms with Crippen molar-refractivity contribution >= 4 is 18.0 Å². The van der Waals surface area contributed by atoms with Gasteiger partial charge in [0, 0.05) is 12.6 Å². The fourth-order valence-electron chi connectivity index (χ4n) is 2.27. The van der Waals surface area contributed by atoms with Gasteiger partial charge in [0.25, 0.3) is 0 Å². The number of carboxylic acid groups (broad SMARTS) is 1. The van der Waals surface area contributed by atoms with Crippen molar-refractivity contribution in [3.8, 4) is 11.5 Å². The van der Waals surface area contributed by atoms with E-state index in [1.165, 1.54) is 6.08 Å². The normalized spacial score (nSPS) is 10.6. The minimum atomic E-state index is -0.952. The number of ether oxygens (including phenoxy) is 2. The van der Waals surface area contributed by atoms with E-state index >= 15 is 0 Å². The largest absolute Gasteiger partial charge is 0.490 e. The van der Waals surface area contributed by atoms with Gasteiger partial charge in [-0.15, -0.1) is 0 Å². The van der Waals surface area contributed by atoms with Crippen molar-refractivity contribution < 1.29 is 24.2 Å². The Morgan fingerprint density at radius 2 is 1.85 bits per heavy atom. The number of carboxylic acids is 1. The van der Waals surface area contributed by atoms with Crippen LogP contribution in [-0.4, -0.2) is 30.1 Å². The Kier molecular flexibility index (Phi) is 7.91. The number of nitrogens with one attached hydrogen (secondary N) is 1. The number of rotatable bonds is 10. The molecule has 0 aliphatic rings. The second-order valence-electron chi connectivity index (χ2n) is 5.68. The van der Waals surface area contributed by atoms with Crippen LogP contribution >= 0.6 is 0 Å². The molecule has 2 aromatic carbocycles. The third kappa shape index (κ3) is 7.23. The van der Waals surface area contributed by atoms with E-state index in [0.29, 0.717) is 24.7 Å². The van der Waals surface area contributed by atoms with Crippen LogP contribution in [0.25, 0.3) is 6.08 Å². The molecule has 0 heterocycles. The lowest BCUT2D eigenvalue weighted by Crippen LogP contribution is -2.23. The van der Waals surface area contributed by atoms with E-state index in [1.54, 1.807) is 18.2 Å². The number of carbonyl (C=O) groups is 2. The van der Waals surface area contributed by atoms with E-state index in [2.05, 4.69) is 5.32 Å². The first kappa shape index (κ1) is 20.0. The van der Waals surface area contributed by atoms with Gasteiger partial charge in [-0.25, -0.2) is 0 Å². The van der Waals surface area contributed by atoms with Crippen molar-refractivity contribution in [3.05, 3.63) is 65.7 Å². The summed E-state index contributed by atoms with van der Waals surface area (Å²) in [6.07, 6.45) is 2.89. The van der Waals surface area contributed by atoms with Crippen molar-refractivity contribution in [1.82, 2.24) is 5.32 Å². The first-order valence-corrected chi connectivity index (χ1v) is 8.69. The van der Waals surface area contributed by atoms with E-state index in [1.807, 2.05) is 43.3 Å². The predicted octanol–water partition coefficient (Wildman–Crippen LogP) is 3.27. The Morgan fingerprint density at radius 1 is 1.07 bits per heavy atom. The van der Waals surface area contributed by atoms with Crippen LogP contribution in [0.2, 0.25) is 0 Å². The number of carbonyl (C=O) groups excluding carboxylic acids is 1. The molecule has 1 amide bonds.